The zero-order valence-corrected chi connectivity index (χ0v) is 12.7. The highest BCUT2D eigenvalue weighted by Crippen LogP contribution is 2.26. The molecule has 0 amide bonds. The SMILES string of the molecule is COc1ccc(Br)cc1CC(=O)c1ccoc1Br. The second-order valence-electron chi connectivity index (χ2n) is 3.66. The highest BCUT2D eigenvalue weighted by molar-refractivity contribution is 9.10. The zero-order chi connectivity index (χ0) is 13.1. The molecule has 0 radical (unpaired) electrons. The molecule has 1 aromatic heterocycles. The lowest BCUT2D eigenvalue weighted by Gasteiger charge is -2.08. The predicted molar refractivity (Wildman–Crippen MR) is 75.1 cm³/mol. The summed E-state index contributed by atoms with van der Waals surface area (Å²) in [5.74, 6) is 0.679. The molecule has 0 fully saturated rings. The van der Waals surface area contributed by atoms with Crippen LogP contribution in [0.4, 0.5) is 0 Å². The standard InChI is InChI=1S/C13H10Br2O3/c1-17-12-3-2-9(14)6-8(12)7-11(16)10-4-5-18-13(10)15/h2-6H,7H2,1H3. The van der Waals surface area contributed by atoms with E-state index in [4.69, 9.17) is 9.15 Å². The van der Waals surface area contributed by atoms with Gasteiger partial charge < -0.3 is 9.15 Å². The first kappa shape index (κ1) is 13.4. The van der Waals surface area contributed by atoms with Crippen LogP contribution in [0.5, 0.6) is 5.75 Å². The minimum atomic E-state index is -0.0213. The lowest BCUT2D eigenvalue weighted by atomic mass is 10.0. The summed E-state index contributed by atoms with van der Waals surface area (Å²) in [6, 6.07) is 7.24. The smallest absolute Gasteiger partial charge is 0.179 e. The number of benzene rings is 1. The molecule has 1 heterocycles. The van der Waals surface area contributed by atoms with Gasteiger partial charge in [-0.2, -0.15) is 0 Å². The molecule has 2 rings (SSSR count). The topological polar surface area (TPSA) is 39.4 Å². The van der Waals surface area contributed by atoms with E-state index in [0.29, 0.717) is 16.0 Å². The summed E-state index contributed by atoms with van der Waals surface area (Å²) in [6.07, 6.45) is 1.75. The van der Waals surface area contributed by atoms with E-state index in [1.165, 1.54) is 6.26 Å². The van der Waals surface area contributed by atoms with Crippen LogP contribution < -0.4 is 4.74 Å². The second kappa shape index (κ2) is 5.71. The molecule has 0 saturated carbocycles. The lowest BCUT2D eigenvalue weighted by molar-refractivity contribution is 0.0990. The number of Topliss-reactive ketones (excluding diaryl/α,β-unsaturated/α-hetero) is 1. The van der Waals surface area contributed by atoms with Gasteiger partial charge in [0.1, 0.15) is 5.75 Å². The Bertz CT molecular complexity index is 575. The Hall–Kier alpha value is -1.07. The van der Waals surface area contributed by atoms with Gasteiger partial charge in [0.15, 0.2) is 10.5 Å². The lowest BCUT2D eigenvalue weighted by Crippen LogP contribution is -2.04. The highest BCUT2D eigenvalue weighted by Gasteiger charge is 2.15. The largest absolute Gasteiger partial charge is 0.496 e. The van der Waals surface area contributed by atoms with Crippen LogP contribution in [-0.4, -0.2) is 12.9 Å². The van der Waals surface area contributed by atoms with E-state index in [1.807, 2.05) is 18.2 Å². The first-order valence-electron chi connectivity index (χ1n) is 5.20. The van der Waals surface area contributed by atoms with E-state index in [9.17, 15) is 4.79 Å². The van der Waals surface area contributed by atoms with Gasteiger partial charge in [-0.1, -0.05) is 15.9 Å². The summed E-state index contributed by atoms with van der Waals surface area (Å²) < 4.78 is 11.7. The summed E-state index contributed by atoms with van der Waals surface area (Å²) in [7, 11) is 1.59. The summed E-state index contributed by atoms with van der Waals surface area (Å²) in [5.41, 5.74) is 1.38. The average molecular weight is 374 g/mol. The number of hydrogen-bond acceptors (Lipinski definition) is 3. The van der Waals surface area contributed by atoms with Crippen LogP contribution in [-0.2, 0) is 6.42 Å². The molecule has 0 atom stereocenters. The number of ketones is 1. The van der Waals surface area contributed by atoms with Crippen molar-refractivity contribution in [3.63, 3.8) is 0 Å². The Balaban J connectivity index is 2.27. The molecule has 0 aliphatic carbocycles. The van der Waals surface area contributed by atoms with Crippen LogP contribution >= 0.6 is 31.9 Å². The van der Waals surface area contributed by atoms with E-state index in [0.717, 1.165) is 10.0 Å². The van der Waals surface area contributed by atoms with Crippen molar-refractivity contribution < 1.29 is 13.9 Å². The Labute approximate surface area is 121 Å². The summed E-state index contributed by atoms with van der Waals surface area (Å²) in [6.45, 7) is 0. The number of ether oxygens (including phenoxy) is 1. The van der Waals surface area contributed by atoms with Crippen molar-refractivity contribution in [3.05, 3.63) is 50.8 Å². The molecular formula is C13H10Br2O3. The number of furan rings is 1. The molecule has 0 unspecified atom stereocenters. The van der Waals surface area contributed by atoms with Crippen molar-refractivity contribution >= 4 is 37.6 Å². The number of rotatable bonds is 4. The third kappa shape index (κ3) is 2.84. The van der Waals surface area contributed by atoms with E-state index in [-0.39, 0.29) is 12.2 Å². The Kier molecular flexibility index (Phi) is 4.24. The van der Waals surface area contributed by atoms with Gasteiger partial charge >= 0.3 is 0 Å². The summed E-state index contributed by atoms with van der Waals surface area (Å²) >= 11 is 6.59. The molecule has 94 valence electrons. The monoisotopic (exact) mass is 372 g/mol. The van der Waals surface area contributed by atoms with Crippen molar-refractivity contribution in [3.8, 4) is 5.75 Å². The summed E-state index contributed by atoms with van der Waals surface area (Å²) in [5, 5.41) is 0. The highest BCUT2D eigenvalue weighted by atomic mass is 79.9. The molecule has 18 heavy (non-hydrogen) atoms. The Morgan fingerprint density at radius 2 is 2.11 bits per heavy atom. The molecule has 1 aromatic carbocycles. The van der Waals surface area contributed by atoms with Crippen LogP contribution in [0.15, 0.2) is 44.1 Å². The maximum Gasteiger partial charge on any atom is 0.179 e. The third-order valence-corrected chi connectivity index (χ3v) is 3.62. The van der Waals surface area contributed by atoms with E-state index in [2.05, 4.69) is 31.9 Å². The normalized spacial score (nSPS) is 10.4. The van der Waals surface area contributed by atoms with E-state index < -0.39 is 0 Å². The minimum absolute atomic E-state index is 0.0213. The van der Waals surface area contributed by atoms with Crippen molar-refractivity contribution in [2.24, 2.45) is 0 Å². The first-order chi connectivity index (χ1) is 8.61. The molecule has 2 aromatic rings. The van der Waals surface area contributed by atoms with Gasteiger partial charge in [0, 0.05) is 16.5 Å². The number of carbonyl (C=O) groups is 1. The third-order valence-electron chi connectivity index (χ3n) is 2.51. The molecule has 0 aliphatic rings. The first-order valence-corrected chi connectivity index (χ1v) is 6.79. The molecule has 0 saturated heterocycles. The number of halogens is 2. The van der Waals surface area contributed by atoms with Crippen LogP contribution in [0.3, 0.4) is 0 Å². The molecule has 0 bridgehead atoms. The Morgan fingerprint density at radius 1 is 1.33 bits per heavy atom. The van der Waals surface area contributed by atoms with Gasteiger partial charge in [-0.15, -0.1) is 0 Å². The van der Waals surface area contributed by atoms with E-state index in [1.54, 1.807) is 13.2 Å². The fourth-order valence-corrected chi connectivity index (χ4v) is 2.52. The van der Waals surface area contributed by atoms with Gasteiger partial charge in [-0.05, 0) is 40.2 Å². The number of hydrogen-bond donors (Lipinski definition) is 0. The molecule has 3 nitrogen and oxygen atoms in total. The average Bonchev–Trinajstić information content (AvgIpc) is 2.76. The quantitative estimate of drug-likeness (QED) is 0.752. The van der Waals surface area contributed by atoms with Gasteiger partial charge in [-0.3, -0.25) is 4.79 Å². The minimum Gasteiger partial charge on any atom is -0.496 e. The maximum atomic E-state index is 12.1. The molecule has 0 aliphatic heterocycles. The van der Waals surface area contributed by atoms with Crippen LogP contribution in [0, 0.1) is 0 Å². The zero-order valence-electron chi connectivity index (χ0n) is 9.57. The fraction of sp³-hybridized carbons (Fsp3) is 0.154. The fourth-order valence-electron chi connectivity index (χ4n) is 1.65. The van der Waals surface area contributed by atoms with Crippen LogP contribution in [0.25, 0.3) is 0 Å². The number of methoxy groups -OCH3 is 1. The van der Waals surface area contributed by atoms with Gasteiger partial charge in [-0.25, -0.2) is 0 Å². The predicted octanol–water partition coefficient (Wildman–Crippen LogP) is 4.24. The van der Waals surface area contributed by atoms with E-state index >= 15 is 0 Å². The molecule has 5 heteroatoms. The van der Waals surface area contributed by atoms with Gasteiger partial charge in [0.2, 0.25) is 0 Å². The van der Waals surface area contributed by atoms with Crippen LogP contribution in [0.2, 0.25) is 0 Å². The molecular weight excluding hydrogens is 364 g/mol. The molecule has 0 spiro atoms. The van der Waals surface area contributed by atoms with Gasteiger partial charge in [0.05, 0.1) is 18.9 Å². The summed E-state index contributed by atoms with van der Waals surface area (Å²) in [4.78, 5) is 12.1. The maximum absolute atomic E-state index is 12.1. The Morgan fingerprint density at radius 3 is 2.72 bits per heavy atom. The van der Waals surface area contributed by atoms with Crippen molar-refractivity contribution in [1.82, 2.24) is 0 Å². The molecule has 0 N–H and O–H groups in total. The number of carbonyl (C=O) groups excluding carboxylic acids is 1. The second-order valence-corrected chi connectivity index (χ2v) is 5.30. The van der Waals surface area contributed by atoms with Crippen LogP contribution in [0.1, 0.15) is 15.9 Å². The van der Waals surface area contributed by atoms with Crippen molar-refractivity contribution in [2.75, 3.05) is 7.11 Å². The van der Waals surface area contributed by atoms with Crippen molar-refractivity contribution in [2.45, 2.75) is 6.42 Å². The van der Waals surface area contributed by atoms with Crippen molar-refractivity contribution in [1.29, 1.82) is 0 Å². The van der Waals surface area contributed by atoms with Gasteiger partial charge in [0.25, 0.3) is 0 Å².